The first kappa shape index (κ1) is 31.1. The van der Waals surface area contributed by atoms with E-state index in [-0.39, 0.29) is 26.1 Å². The van der Waals surface area contributed by atoms with Crippen molar-refractivity contribution >= 4 is 18.0 Å². The van der Waals surface area contributed by atoms with Crippen molar-refractivity contribution < 1.29 is 29.0 Å². The van der Waals surface area contributed by atoms with Gasteiger partial charge in [0.05, 0.1) is 0 Å². The molecule has 0 aromatic heterocycles. The van der Waals surface area contributed by atoms with Crippen LogP contribution >= 0.6 is 0 Å². The predicted octanol–water partition coefficient (Wildman–Crippen LogP) is 6.13. The van der Waals surface area contributed by atoms with Crippen LogP contribution in [0.25, 0.3) is 0 Å². The molecule has 0 heterocycles. The van der Waals surface area contributed by atoms with Gasteiger partial charge in [0.15, 0.2) is 0 Å². The van der Waals surface area contributed by atoms with Crippen LogP contribution < -0.4 is 10.6 Å². The van der Waals surface area contributed by atoms with E-state index in [1.807, 2.05) is 36.4 Å². The van der Waals surface area contributed by atoms with Crippen LogP contribution in [0.15, 0.2) is 60.7 Å². The largest absolute Gasteiger partial charge is 0.481 e. The molecule has 2 aromatic rings. The van der Waals surface area contributed by atoms with Crippen LogP contribution in [0.5, 0.6) is 0 Å². The lowest BCUT2D eigenvalue weighted by molar-refractivity contribution is -0.148. The molecule has 0 saturated heterocycles. The molecule has 2 aromatic carbocycles. The van der Waals surface area contributed by atoms with Crippen LogP contribution in [0.3, 0.4) is 0 Å². The third-order valence-electron chi connectivity index (χ3n) is 7.34. The highest BCUT2D eigenvalue weighted by Gasteiger charge is 2.24. The van der Waals surface area contributed by atoms with Crippen molar-refractivity contribution in [1.82, 2.24) is 10.6 Å². The molecule has 8 nitrogen and oxygen atoms in total. The van der Waals surface area contributed by atoms with Crippen molar-refractivity contribution in [3.8, 4) is 0 Å². The van der Waals surface area contributed by atoms with Crippen LogP contribution in [-0.4, -0.2) is 41.3 Å². The maximum absolute atomic E-state index is 12.3. The Hall–Kier alpha value is -3.39. The number of hydrogen-bond donors (Lipinski definition) is 3. The van der Waals surface area contributed by atoms with E-state index in [1.165, 1.54) is 64.2 Å². The Balaban J connectivity index is 0.000000281. The van der Waals surface area contributed by atoms with Gasteiger partial charge in [0.1, 0.15) is 19.3 Å². The number of rotatable bonds is 11. The summed E-state index contributed by atoms with van der Waals surface area (Å²) in [5.74, 6) is -1.79. The quantitative estimate of drug-likeness (QED) is 0.287. The first-order valence-electron chi connectivity index (χ1n) is 14.6. The number of hydrogen-bond acceptors (Lipinski definition) is 6. The molecular formula is C32H44N2O6. The molecule has 2 fully saturated rings. The number of alkyl carbamates (subject to hydrolysis) is 1. The van der Waals surface area contributed by atoms with Gasteiger partial charge in [-0.1, -0.05) is 99.2 Å². The molecule has 2 aliphatic carbocycles. The van der Waals surface area contributed by atoms with Crippen molar-refractivity contribution in [2.45, 2.75) is 108 Å². The molecule has 0 bridgehead atoms. The highest BCUT2D eigenvalue weighted by molar-refractivity contribution is 5.82. The molecule has 0 radical (unpaired) electrons. The lowest BCUT2D eigenvalue weighted by Crippen LogP contribution is -2.42. The molecule has 4 rings (SSSR count). The van der Waals surface area contributed by atoms with Gasteiger partial charge < -0.3 is 25.2 Å². The van der Waals surface area contributed by atoms with Gasteiger partial charge in [-0.05, 0) is 43.2 Å². The number of ether oxygens (including phenoxy) is 2. The van der Waals surface area contributed by atoms with E-state index in [4.69, 9.17) is 14.6 Å². The average molecular weight is 553 g/mol. The van der Waals surface area contributed by atoms with Crippen LogP contribution in [0.1, 0.15) is 88.2 Å². The fourth-order valence-electron chi connectivity index (χ4n) is 5.12. The lowest BCUT2D eigenvalue weighted by atomic mass is 9.91. The Bertz CT molecular complexity index is 989. The van der Waals surface area contributed by atoms with E-state index in [0.717, 1.165) is 23.2 Å². The normalized spacial score (nSPS) is 16.6. The minimum atomic E-state index is -1.10. The topological polar surface area (TPSA) is 114 Å². The second kappa shape index (κ2) is 18.1. The zero-order valence-electron chi connectivity index (χ0n) is 23.4. The molecule has 218 valence electrons. The summed E-state index contributed by atoms with van der Waals surface area (Å²) in [6, 6.07) is 18.7. The van der Waals surface area contributed by atoms with E-state index in [1.54, 1.807) is 24.3 Å². The summed E-state index contributed by atoms with van der Waals surface area (Å²) in [6.45, 7) is 0.0708. The maximum atomic E-state index is 12.3. The molecule has 0 aliphatic heterocycles. The number of carboxylic acids is 1. The summed E-state index contributed by atoms with van der Waals surface area (Å²) in [6.07, 6.45) is 13.4. The fraction of sp³-hybridized carbons (Fsp3) is 0.531. The Labute approximate surface area is 237 Å². The van der Waals surface area contributed by atoms with Gasteiger partial charge in [0.2, 0.25) is 0 Å². The van der Waals surface area contributed by atoms with Gasteiger partial charge in [0, 0.05) is 18.5 Å². The molecule has 1 unspecified atom stereocenters. The van der Waals surface area contributed by atoms with Gasteiger partial charge >= 0.3 is 18.0 Å². The predicted molar refractivity (Wildman–Crippen MR) is 154 cm³/mol. The second-order valence-electron chi connectivity index (χ2n) is 10.6. The van der Waals surface area contributed by atoms with Crippen molar-refractivity contribution in [3.63, 3.8) is 0 Å². The number of amides is 1. The van der Waals surface area contributed by atoms with Crippen molar-refractivity contribution in [3.05, 3.63) is 71.8 Å². The van der Waals surface area contributed by atoms with Crippen LogP contribution in [0.4, 0.5) is 4.79 Å². The summed E-state index contributed by atoms with van der Waals surface area (Å²) >= 11 is 0. The molecule has 3 N–H and O–H groups in total. The first-order chi connectivity index (χ1) is 19.5. The van der Waals surface area contributed by atoms with Gasteiger partial charge in [-0.15, -0.1) is 0 Å². The minimum absolute atomic E-state index is 0.0317. The Morgan fingerprint density at radius 1 is 0.725 bits per heavy atom. The second-order valence-corrected chi connectivity index (χ2v) is 10.6. The Morgan fingerprint density at radius 3 is 1.68 bits per heavy atom. The van der Waals surface area contributed by atoms with E-state index in [2.05, 4.69) is 10.6 Å². The van der Waals surface area contributed by atoms with E-state index < -0.39 is 24.1 Å². The SMILES string of the molecule is C1CCC(NC2CCCCC2)CC1.O=C(O)CCC(NC(=O)OCc1ccccc1)C(=O)OCc1ccccc1. The molecule has 40 heavy (non-hydrogen) atoms. The average Bonchev–Trinajstić information content (AvgIpc) is 2.99. The number of carbonyl (C=O) groups excluding carboxylic acids is 2. The molecule has 1 atom stereocenters. The standard InChI is InChI=1S/C20H21NO6.C12H23N/c22-18(23)12-11-17(19(24)26-13-15-7-3-1-4-8-15)21-20(25)27-14-16-9-5-2-6-10-16;1-3-7-11(8-4-1)13-12-9-5-2-6-10-12/h1-10,17H,11-14H2,(H,21,25)(H,22,23);11-13H,1-10H2. The number of carboxylic acid groups (broad SMARTS) is 1. The van der Waals surface area contributed by atoms with Crippen LogP contribution in [-0.2, 0) is 32.3 Å². The summed E-state index contributed by atoms with van der Waals surface area (Å²) in [4.78, 5) is 35.0. The monoisotopic (exact) mass is 552 g/mol. The maximum Gasteiger partial charge on any atom is 0.408 e. The summed E-state index contributed by atoms with van der Waals surface area (Å²) in [5, 5.41) is 15.1. The van der Waals surface area contributed by atoms with Crippen molar-refractivity contribution in [2.24, 2.45) is 0 Å². The fourth-order valence-corrected chi connectivity index (χ4v) is 5.12. The zero-order chi connectivity index (χ0) is 28.4. The van der Waals surface area contributed by atoms with Crippen LogP contribution in [0.2, 0.25) is 0 Å². The summed E-state index contributed by atoms with van der Waals surface area (Å²) < 4.78 is 10.3. The molecule has 1 amide bonds. The lowest BCUT2D eigenvalue weighted by Gasteiger charge is -2.30. The number of carbonyl (C=O) groups is 3. The first-order valence-corrected chi connectivity index (χ1v) is 14.6. The van der Waals surface area contributed by atoms with Crippen LogP contribution in [0, 0.1) is 0 Å². The third-order valence-corrected chi connectivity index (χ3v) is 7.34. The van der Waals surface area contributed by atoms with Gasteiger partial charge in [-0.2, -0.15) is 0 Å². The Kier molecular flexibility index (Phi) is 14.1. The smallest absolute Gasteiger partial charge is 0.408 e. The molecular weight excluding hydrogens is 508 g/mol. The third kappa shape index (κ3) is 12.6. The minimum Gasteiger partial charge on any atom is -0.481 e. The number of benzene rings is 2. The molecule has 8 heteroatoms. The zero-order valence-corrected chi connectivity index (χ0v) is 23.4. The van der Waals surface area contributed by atoms with E-state index >= 15 is 0 Å². The van der Waals surface area contributed by atoms with Gasteiger partial charge in [-0.3, -0.25) is 4.79 Å². The highest BCUT2D eigenvalue weighted by atomic mass is 16.6. The molecule has 2 saturated carbocycles. The van der Waals surface area contributed by atoms with Crippen molar-refractivity contribution in [2.75, 3.05) is 0 Å². The highest BCUT2D eigenvalue weighted by Crippen LogP contribution is 2.22. The summed E-state index contributed by atoms with van der Waals surface area (Å²) in [7, 11) is 0. The Morgan fingerprint density at radius 2 is 1.20 bits per heavy atom. The number of esters is 1. The van der Waals surface area contributed by atoms with E-state index in [0.29, 0.717) is 0 Å². The number of nitrogens with one attached hydrogen (secondary N) is 2. The molecule has 2 aliphatic rings. The van der Waals surface area contributed by atoms with Gasteiger partial charge in [-0.25, -0.2) is 9.59 Å². The van der Waals surface area contributed by atoms with Crippen molar-refractivity contribution in [1.29, 1.82) is 0 Å². The number of aliphatic carboxylic acids is 1. The van der Waals surface area contributed by atoms with E-state index in [9.17, 15) is 14.4 Å². The summed E-state index contributed by atoms with van der Waals surface area (Å²) in [5.41, 5.74) is 1.58. The molecule has 0 spiro atoms. The van der Waals surface area contributed by atoms with Gasteiger partial charge in [0.25, 0.3) is 0 Å².